The number of aromatic carboxylic acids is 1. The van der Waals surface area contributed by atoms with Crippen LogP contribution in [0.3, 0.4) is 0 Å². The van der Waals surface area contributed by atoms with Gasteiger partial charge in [-0.15, -0.1) is 0 Å². The van der Waals surface area contributed by atoms with Crippen LogP contribution in [0, 0.1) is 5.92 Å². The summed E-state index contributed by atoms with van der Waals surface area (Å²) in [6, 6.07) is 14.3. The number of rotatable bonds is 7. The molecule has 4 aromatic rings. The van der Waals surface area contributed by atoms with Crippen LogP contribution in [-0.4, -0.2) is 39.4 Å². The SMILES string of the molecule is O=C(NCC1CCCCC1)c1ccc(NC(=O)c2ccc(-c3nc4cc(Cl)c(Cl)cc4[nH]3)cc2)c(C(=O)O)c1. The molecule has 0 bridgehead atoms. The van der Waals surface area contributed by atoms with Gasteiger partial charge in [0.05, 0.1) is 32.3 Å². The molecule has 1 aromatic heterocycles. The number of aromatic nitrogens is 2. The molecule has 200 valence electrons. The van der Waals surface area contributed by atoms with E-state index < -0.39 is 11.9 Å². The Labute approximate surface area is 234 Å². The molecule has 2 amide bonds. The molecule has 1 fully saturated rings. The van der Waals surface area contributed by atoms with Gasteiger partial charge in [-0.05, 0) is 61.2 Å². The van der Waals surface area contributed by atoms with E-state index in [4.69, 9.17) is 23.2 Å². The second-order valence-electron chi connectivity index (χ2n) is 9.68. The van der Waals surface area contributed by atoms with E-state index >= 15 is 0 Å². The number of nitrogens with one attached hydrogen (secondary N) is 3. The predicted octanol–water partition coefficient (Wildman–Crippen LogP) is 6.80. The third-order valence-electron chi connectivity index (χ3n) is 6.98. The topological polar surface area (TPSA) is 124 Å². The van der Waals surface area contributed by atoms with Crippen molar-refractivity contribution in [2.75, 3.05) is 11.9 Å². The van der Waals surface area contributed by atoms with Crippen molar-refractivity contribution in [1.29, 1.82) is 0 Å². The standard InChI is InChI=1S/C29H26Cl2N4O4/c30-21-13-24-25(14-22(21)31)34-26(33-24)17-6-8-18(9-7-17)28(37)35-23-11-10-19(12-20(23)29(38)39)27(36)32-15-16-4-2-1-3-5-16/h6-14,16H,1-5,15H2,(H,32,36)(H,33,34)(H,35,37)(H,38,39). The molecular formula is C29H26Cl2N4O4. The van der Waals surface area contributed by atoms with E-state index in [1.54, 1.807) is 36.4 Å². The Bertz CT molecular complexity index is 1520. The van der Waals surface area contributed by atoms with Crippen LogP contribution < -0.4 is 10.6 Å². The number of imidazole rings is 1. The molecule has 0 atom stereocenters. The number of anilines is 1. The average Bonchev–Trinajstić information content (AvgIpc) is 3.35. The predicted molar refractivity (Wildman–Crippen MR) is 152 cm³/mol. The van der Waals surface area contributed by atoms with Crippen molar-refractivity contribution in [2.24, 2.45) is 5.92 Å². The van der Waals surface area contributed by atoms with E-state index in [0.717, 1.165) is 23.9 Å². The van der Waals surface area contributed by atoms with Crippen molar-refractivity contribution in [3.05, 3.63) is 81.3 Å². The van der Waals surface area contributed by atoms with Gasteiger partial charge in [0.2, 0.25) is 0 Å². The first-order valence-electron chi connectivity index (χ1n) is 12.7. The van der Waals surface area contributed by atoms with Gasteiger partial charge in [-0.1, -0.05) is 54.6 Å². The fourth-order valence-corrected chi connectivity index (χ4v) is 5.14. The summed E-state index contributed by atoms with van der Waals surface area (Å²) >= 11 is 12.2. The number of hydrogen-bond acceptors (Lipinski definition) is 4. The molecule has 3 aromatic carbocycles. The summed E-state index contributed by atoms with van der Waals surface area (Å²) in [5.74, 6) is -1.02. The lowest BCUT2D eigenvalue weighted by atomic mass is 9.89. The summed E-state index contributed by atoms with van der Waals surface area (Å²) < 4.78 is 0. The number of H-pyrrole nitrogens is 1. The van der Waals surface area contributed by atoms with Crippen LogP contribution in [0.2, 0.25) is 10.0 Å². The minimum atomic E-state index is -1.24. The normalized spacial score (nSPS) is 13.8. The molecule has 4 N–H and O–H groups in total. The van der Waals surface area contributed by atoms with Gasteiger partial charge in [-0.25, -0.2) is 9.78 Å². The number of nitrogens with zero attached hydrogens (tertiary/aromatic N) is 1. The third-order valence-corrected chi connectivity index (χ3v) is 7.70. The van der Waals surface area contributed by atoms with Crippen LogP contribution in [0.1, 0.15) is 63.2 Å². The van der Waals surface area contributed by atoms with Crippen LogP contribution >= 0.6 is 23.2 Å². The van der Waals surface area contributed by atoms with Crippen molar-refractivity contribution in [2.45, 2.75) is 32.1 Å². The smallest absolute Gasteiger partial charge is 0.337 e. The van der Waals surface area contributed by atoms with Gasteiger partial charge in [0.15, 0.2) is 0 Å². The lowest BCUT2D eigenvalue weighted by Crippen LogP contribution is -2.30. The number of carboxylic acid groups (broad SMARTS) is 1. The van der Waals surface area contributed by atoms with Crippen LogP contribution in [0.15, 0.2) is 54.6 Å². The first kappa shape index (κ1) is 26.7. The summed E-state index contributed by atoms with van der Waals surface area (Å²) in [7, 11) is 0. The molecule has 39 heavy (non-hydrogen) atoms. The van der Waals surface area contributed by atoms with E-state index in [9.17, 15) is 19.5 Å². The molecule has 0 aliphatic heterocycles. The zero-order valence-corrected chi connectivity index (χ0v) is 22.4. The fourth-order valence-electron chi connectivity index (χ4n) is 4.82. The maximum absolute atomic E-state index is 12.9. The van der Waals surface area contributed by atoms with Gasteiger partial charge in [0.25, 0.3) is 11.8 Å². The molecule has 10 heteroatoms. The number of hydrogen-bond donors (Lipinski definition) is 4. The molecule has 1 aliphatic carbocycles. The molecule has 1 aliphatic rings. The third kappa shape index (κ3) is 6.08. The van der Waals surface area contributed by atoms with E-state index in [1.165, 1.54) is 37.5 Å². The second kappa shape index (κ2) is 11.5. The zero-order chi connectivity index (χ0) is 27.5. The highest BCUT2D eigenvalue weighted by molar-refractivity contribution is 6.42. The number of halogens is 2. The largest absolute Gasteiger partial charge is 0.478 e. The molecule has 1 saturated carbocycles. The number of benzene rings is 3. The van der Waals surface area contributed by atoms with E-state index in [-0.39, 0.29) is 22.7 Å². The van der Waals surface area contributed by atoms with E-state index in [0.29, 0.717) is 39.4 Å². The minimum absolute atomic E-state index is 0.103. The summed E-state index contributed by atoms with van der Waals surface area (Å²) in [6.45, 7) is 0.575. The Hall–Kier alpha value is -3.88. The lowest BCUT2D eigenvalue weighted by Gasteiger charge is -2.21. The highest BCUT2D eigenvalue weighted by Gasteiger charge is 2.19. The van der Waals surface area contributed by atoms with Crippen LogP contribution in [-0.2, 0) is 0 Å². The molecule has 8 nitrogen and oxygen atoms in total. The summed E-state index contributed by atoms with van der Waals surface area (Å²) in [5.41, 5.74) is 2.63. The highest BCUT2D eigenvalue weighted by Crippen LogP contribution is 2.29. The summed E-state index contributed by atoms with van der Waals surface area (Å²) in [6.07, 6.45) is 5.76. The number of fused-ring (bicyclic) bond motifs is 1. The first-order chi connectivity index (χ1) is 18.8. The number of carbonyl (C=O) groups is 3. The van der Waals surface area contributed by atoms with Crippen LogP contribution in [0.25, 0.3) is 22.4 Å². The van der Waals surface area contributed by atoms with Gasteiger partial charge in [0, 0.05) is 23.2 Å². The minimum Gasteiger partial charge on any atom is -0.478 e. The van der Waals surface area contributed by atoms with E-state index in [1.807, 2.05) is 0 Å². The molecule has 0 radical (unpaired) electrons. The van der Waals surface area contributed by atoms with Crippen LogP contribution in [0.4, 0.5) is 5.69 Å². The number of aromatic amines is 1. The molecule has 0 spiro atoms. The Balaban J connectivity index is 1.28. The molecular weight excluding hydrogens is 539 g/mol. The lowest BCUT2D eigenvalue weighted by molar-refractivity contribution is 0.0698. The quantitative estimate of drug-likeness (QED) is 0.196. The number of amides is 2. The number of carbonyl (C=O) groups excluding carboxylic acids is 2. The maximum Gasteiger partial charge on any atom is 0.337 e. The Morgan fingerprint density at radius 1 is 0.897 bits per heavy atom. The Kier molecular flexibility index (Phi) is 7.86. The molecule has 0 saturated heterocycles. The highest BCUT2D eigenvalue weighted by atomic mass is 35.5. The Morgan fingerprint density at radius 3 is 2.31 bits per heavy atom. The molecule has 5 rings (SSSR count). The van der Waals surface area contributed by atoms with Crippen molar-refractivity contribution in [3.63, 3.8) is 0 Å². The van der Waals surface area contributed by atoms with Crippen molar-refractivity contribution >= 4 is 57.7 Å². The van der Waals surface area contributed by atoms with E-state index in [2.05, 4.69) is 20.6 Å². The summed E-state index contributed by atoms with van der Waals surface area (Å²) in [4.78, 5) is 45.2. The number of carboxylic acids is 1. The molecule has 0 unspecified atom stereocenters. The molecule has 1 heterocycles. The van der Waals surface area contributed by atoms with Gasteiger partial charge < -0.3 is 20.7 Å². The van der Waals surface area contributed by atoms with Crippen molar-refractivity contribution < 1.29 is 19.5 Å². The first-order valence-corrected chi connectivity index (χ1v) is 13.5. The van der Waals surface area contributed by atoms with Crippen LogP contribution in [0.5, 0.6) is 0 Å². The average molecular weight is 565 g/mol. The van der Waals surface area contributed by atoms with Gasteiger partial charge in [0.1, 0.15) is 5.82 Å². The van der Waals surface area contributed by atoms with Crippen molar-refractivity contribution in [1.82, 2.24) is 15.3 Å². The second-order valence-corrected chi connectivity index (χ2v) is 10.5. The van der Waals surface area contributed by atoms with Gasteiger partial charge in [-0.3, -0.25) is 9.59 Å². The van der Waals surface area contributed by atoms with Crippen molar-refractivity contribution in [3.8, 4) is 11.4 Å². The maximum atomic E-state index is 12.9. The van der Waals surface area contributed by atoms with Gasteiger partial charge in [-0.2, -0.15) is 0 Å². The van der Waals surface area contributed by atoms with Gasteiger partial charge >= 0.3 is 5.97 Å². The zero-order valence-electron chi connectivity index (χ0n) is 20.9. The Morgan fingerprint density at radius 2 is 1.59 bits per heavy atom. The summed E-state index contributed by atoms with van der Waals surface area (Å²) in [5, 5.41) is 16.1. The fraction of sp³-hybridized carbons (Fsp3) is 0.241. The monoisotopic (exact) mass is 564 g/mol.